The second kappa shape index (κ2) is 7.02. The van der Waals surface area contributed by atoms with E-state index in [-0.39, 0.29) is 11.3 Å². The van der Waals surface area contributed by atoms with Gasteiger partial charge in [-0.25, -0.2) is 13.9 Å². The highest BCUT2D eigenvalue weighted by atomic mass is 32.2. The molecular weight excluding hydrogens is 330 g/mol. The molecule has 0 radical (unpaired) electrons. The van der Waals surface area contributed by atoms with Gasteiger partial charge in [0.1, 0.15) is 5.75 Å². The summed E-state index contributed by atoms with van der Waals surface area (Å²) >= 11 is 0. The van der Waals surface area contributed by atoms with Gasteiger partial charge < -0.3 is 4.74 Å². The maximum Gasteiger partial charge on any atom is 0.265 e. The van der Waals surface area contributed by atoms with Gasteiger partial charge in [0, 0.05) is 6.42 Å². The van der Waals surface area contributed by atoms with Crippen molar-refractivity contribution in [3.63, 3.8) is 0 Å². The van der Waals surface area contributed by atoms with Gasteiger partial charge in [-0.3, -0.25) is 10.0 Å². The Morgan fingerprint density at radius 1 is 1.12 bits per heavy atom. The van der Waals surface area contributed by atoms with Crippen LogP contribution in [-0.2, 0) is 21.1 Å². The molecule has 0 aliphatic carbocycles. The number of carbonyl (C=O) groups excluding carboxylic acids is 1. The summed E-state index contributed by atoms with van der Waals surface area (Å²) in [5.74, 6) is -0.479. The van der Waals surface area contributed by atoms with E-state index in [9.17, 15) is 13.2 Å². The Hall–Kier alpha value is -2.38. The second-order valence-corrected chi connectivity index (χ2v) is 7.89. The van der Waals surface area contributed by atoms with Crippen molar-refractivity contribution in [1.29, 1.82) is 0 Å². The van der Waals surface area contributed by atoms with Crippen molar-refractivity contribution in [2.24, 2.45) is 0 Å². The summed E-state index contributed by atoms with van der Waals surface area (Å²) < 4.78 is 29.2. The van der Waals surface area contributed by atoms with E-state index in [1.807, 2.05) is 0 Å². The number of nitrogens with one attached hydrogen (secondary N) is 1. The van der Waals surface area contributed by atoms with E-state index in [0.29, 0.717) is 11.3 Å². The number of hydrogen-bond donors (Lipinski definition) is 2. The summed E-state index contributed by atoms with van der Waals surface area (Å²) in [7, 11) is -2.59. The van der Waals surface area contributed by atoms with Gasteiger partial charge in [-0.2, -0.15) is 0 Å². The zero-order valence-corrected chi connectivity index (χ0v) is 14.2. The Morgan fingerprint density at radius 2 is 1.71 bits per heavy atom. The van der Waals surface area contributed by atoms with Crippen molar-refractivity contribution in [1.82, 2.24) is 5.48 Å². The first-order valence-corrected chi connectivity index (χ1v) is 8.70. The topological polar surface area (TPSA) is 92.7 Å². The maximum atomic E-state index is 13.0. The molecule has 2 rings (SSSR count). The number of amides is 1. The Morgan fingerprint density at radius 3 is 2.21 bits per heavy atom. The molecule has 0 aromatic heterocycles. The molecule has 1 unspecified atom stereocenters. The molecular formula is C17H19NO5S. The number of carbonyl (C=O) groups is 1. The normalized spacial score (nSPS) is 13.8. The average molecular weight is 349 g/mol. The van der Waals surface area contributed by atoms with Crippen molar-refractivity contribution < 1.29 is 23.2 Å². The molecule has 0 saturated carbocycles. The lowest BCUT2D eigenvalue weighted by Gasteiger charge is -2.27. The number of rotatable bonds is 6. The molecule has 7 heteroatoms. The van der Waals surface area contributed by atoms with Gasteiger partial charge in [-0.15, -0.1) is 0 Å². The van der Waals surface area contributed by atoms with E-state index in [0.717, 1.165) is 0 Å². The van der Waals surface area contributed by atoms with Gasteiger partial charge in [0.15, 0.2) is 14.6 Å². The monoisotopic (exact) mass is 349 g/mol. The molecule has 0 aliphatic rings. The fourth-order valence-corrected chi connectivity index (χ4v) is 4.08. The average Bonchev–Trinajstić information content (AvgIpc) is 2.61. The van der Waals surface area contributed by atoms with Crippen molar-refractivity contribution >= 4 is 15.7 Å². The highest BCUT2D eigenvalue weighted by Gasteiger charge is 2.47. The van der Waals surface area contributed by atoms with Crippen LogP contribution in [0, 0.1) is 0 Å². The van der Waals surface area contributed by atoms with Crippen LogP contribution in [0.3, 0.4) is 0 Å². The summed E-state index contributed by atoms with van der Waals surface area (Å²) in [5.41, 5.74) is 2.15. The highest BCUT2D eigenvalue weighted by Crippen LogP contribution is 2.30. The maximum absolute atomic E-state index is 13.0. The summed E-state index contributed by atoms with van der Waals surface area (Å²) in [6.45, 7) is 1.30. The molecule has 0 heterocycles. The predicted molar refractivity (Wildman–Crippen MR) is 88.7 cm³/mol. The van der Waals surface area contributed by atoms with Crippen LogP contribution >= 0.6 is 0 Å². The number of hydroxylamine groups is 1. The van der Waals surface area contributed by atoms with Crippen molar-refractivity contribution in [2.45, 2.75) is 23.0 Å². The van der Waals surface area contributed by atoms with Crippen LogP contribution in [0.4, 0.5) is 0 Å². The quantitative estimate of drug-likeness (QED) is 0.614. The van der Waals surface area contributed by atoms with Crippen LogP contribution in [0.1, 0.15) is 12.5 Å². The number of sulfone groups is 1. The summed E-state index contributed by atoms with van der Waals surface area (Å²) in [6.07, 6.45) is -0.0748. The van der Waals surface area contributed by atoms with Gasteiger partial charge >= 0.3 is 0 Å². The Kier molecular flexibility index (Phi) is 5.26. The van der Waals surface area contributed by atoms with Crippen LogP contribution in [-0.4, -0.2) is 31.4 Å². The zero-order valence-electron chi connectivity index (χ0n) is 13.4. The Bertz CT molecular complexity index is 803. The predicted octanol–water partition coefficient (Wildman–Crippen LogP) is 1.98. The molecule has 24 heavy (non-hydrogen) atoms. The van der Waals surface area contributed by atoms with E-state index in [2.05, 4.69) is 0 Å². The van der Waals surface area contributed by atoms with E-state index in [4.69, 9.17) is 9.94 Å². The summed E-state index contributed by atoms with van der Waals surface area (Å²) in [6, 6.07) is 14.5. The molecule has 0 spiro atoms. The SMILES string of the molecule is COc1ccc(S(=O)(=O)C(C)(Cc2ccccc2)C(=O)NO)cc1. The van der Waals surface area contributed by atoms with Crippen molar-refractivity contribution in [3.05, 3.63) is 60.2 Å². The highest BCUT2D eigenvalue weighted by molar-refractivity contribution is 7.93. The molecule has 128 valence electrons. The van der Waals surface area contributed by atoms with Gasteiger partial charge in [0.05, 0.1) is 12.0 Å². The molecule has 0 saturated heterocycles. The van der Waals surface area contributed by atoms with E-state index < -0.39 is 20.5 Å². The number of ether oxygens (including phenoxy) is 1. The lowest BCUT2D eigenvalue weighted by Crippen LogP contribution is -2.51. The van der Waals surface area contributed by atoms with E-state index in [1.54, 1.807) is 30.3 Å². The molecule has 2 aromatic carbocycles. The zero-order chi connectivity index (χ0) is 17.8. The summed E-state index contributed by atoms with van der Waals surface area (Å²) in [4.78, 5) is 12.2. The summed E-state index contributed by atoms with van der Waals surface area (Å²) in [5, 5.41) is 9.06. The molecule has 1 atom stereocenters. The smallest absolute Gasteiger partial charge is 0.265 e. The molecule has 0 aliphatic heterocycles. The van der Waals surface area contributed by atoms with Crippen LogP contribution in [0.5, 0.6) is 5.75 Å². The van der Waals surface area contributed by atoms with Crippen LogP contribution in [0.2, 0.25) is 0 Å². The van der Waals surface area contributed by atoms with Crippen LogP contribution in [0.15, 0.2) is 59.5 Å². The molecule has 6 nitrogen and oxygen atoms in total. The van der Waals surface area contributed by atoms with Gasteiger partial charge in [-0.05, 0) is 36.8 Å². The molecule has 0 bridgehead atoms. The number of hydrogen-bond acceptors (Lipinski definition) is 5. The Labute approximate surface area is 141 Å². The fraction of sp³-hybridized carbons (Fsp3) is 0.235. The molecule has 1 amide bonds. The van der Waals surface area contributed by atoms with Crippen molar-refractivity contribution in [3.8, 4) is 5.75 Å². The number of methoxy groups -OCH3 is 1. The second-order valence-electron chi connectivity index (χ2n) is 5.51. The van der Waals surface area contributed by atoms with Gasteiger partial charge in [-0.1, -0.05) is 30.3 Å². The molecule has 2 N–H and O–H groups in total. The minimum Gasteiger partial charge on any atom is -0.497 e. The third-order valence-corrected chi connectivity index (χ3v) is 6.34. The van der Waals surface area contributed by atoms with Gasteiger partial charge in [0.25, 0.3) is 5.91 Å². The Balaban J connectivity index is 2.50. The first-order valence-electron chi connectivity index (χ1n) is 7.22. The molecule has 2 aromatic rings. The van der Waals surface area contributed by atoms with Crippen molar-refractivity contribution in [2.75, 3.05) is 7.11 Å². The lowest BCUT2D eigenvalue weighted by atomic mass is 10.00. The first kappa shape index (κ1) is 18.0. The van der Waals surface area contributed by atoms with Crippen LogP contribution < -0.4 is 10.2 Å². The lowest BCUT2D eigenvalue weighted by molar-refractivity contribution is -0.131. The van der Waals surface area contributed by atoms with Gasteiger partial charge in [0.2, 0.25) is 0 Å². The minimum atomic E-state index is -4.06. The van der Waals surface area contributed by atoms with E-state index in [1.165, 1.54) is 43.8 Å². The number of benzene rings is 2. The third-order valence-electron chi connectivity index (χ3n) is 3.93. The fourth-order valence-electron chi connectivity index (χ4n) is 2.42. The first-order chi connectivity index (χ1) is 11.3. The molecule has 0 fully saturated rings. The minimum absolute atomic E-state index is 0.0228. The van der Waals surface area contributed by atoms with Crippen LogP contribution in [0.25, 0.3) is 0 Å². The third kappa shape index (κ3) is 3.27. The van der Waals surface area contributed by atoms with E-state index >= 15 is 0 Å². The standard InChI is InChI=1S/C17H19NO5S/c1-17(16(19)18-20,12-13-6-4-3-5-7-13)24(21,22)15-10-8-14(23-2)9-11-15/h3-11,20H,12H2,1-2H3,(H,18,19). The largest absolute Gasteiger partial charge is 0.497 e.